The van der Waals surface area contributed by atoms with Gasteiger partial charge in [0.1, 0.15) is 0 Å². The van der Waals surface area contributed by atoms with Crippen LogP contribution in [-0.2, 0) is 6.42 Å². The van der Waals surface area contributed by atoms with E-state index < -0.39 is 0 Å². The topological polar surface area (TPSA) is 12.0 Å². The van der Waals surface area contributed by atoms with Gasteiger partial charge in [0.2, 0.25) is 0 Å². The maximum absolute atomic E-state index is 6.04. The lowest BCUT2D eigenvalue weighted by Crippen LogP contribution is -2.23. The van der Waals surface area contributed by atoms with Gasteiger partial charge in [-0.1, -0.05) is 31.9 Å². The summed E-state index contributed by atoms with van der Waals surface area (Å²) >= 11 is 7.77. The number of halogens is 1. The number of nitrogens with one attached hydrogen (secondary N) is 1. The SMILES string of the molecule is Cc1cc(CCCCCNC(C)C)sc1Cl. The van der Waals surface area contributed by atoms with Crippen molar-refractivity contribution in [2.45, 2.75) is 52.5 Å². The van der Waals surface area contributed by atoms with E-state index in [1.165, 1.54) is 36.1 Å². The fourth-order valence-electron chi connectivity index (χ4n) is 1.64. The lowest BCUT2D eigenvalue weighted by Gasteiger charge is -2.06. The molecule has 0 aliphatic carbocycles. The molecule has 16 heavy (non-hydrogen) atoms. The maximum Gasteiger partial charge on any atom is 0.0960 e. The van der Waals surface area contributed by atoms with Gasteiger partial charge >= 0.3 is 0 Å². The number of thiophene rings is 1. The largest absolute Gasteiger partial charge is 0.315 e. The van der Waals surface area contributed by atoms with Crippen molar-refractivity contribution in [3.05, 3.63) is 20.8 Å². The zero-order valence-electron chi connectivity index (χ0n) is 10.5. The maximum atomic E-state index is 6.04. The number of unbranched alkanes of at least 4 members (excludes halogenated alkanes) is 2. The van der Waals surface area contributed by atoms with Crippen LogP contribution in [0.4, 0.5) is 0 Å². The molecule has 3 heteroatoms. The van der Waals surface area contributed by atoms with Gasteiger partial charge in [0.05, 0.1) is 4.34 Å². The van der Waals surface area contributed by atoms with E-state index in [-0.39, 0.29) is 0 Å². The molecule has 0 atom stereocenters. The highest BCUT2D eigenvalue weighted by molar-refractivity contribution is 7.16. The number of aryl methyl sites for hydroxylation is 2. The Morgan fingerprint density at radius 2 is 2.06 bits per heavy atom. The van der Waals surface area contributed by atoms with Crippen molar-refractivity contribution in [3.8, 4) is 0 Å². The van der Waals surface area contributed by atoms with Gasteiger partial charge in [-0.05, 0) is 44.4 Å². The highest BCUT2D eigenvalue weighted by Gasteiger charge is 2.02. The Morgan fingerprint density at radius 3 is 2.62 bits per heavy atom. The standard InChI is InChI=1S/C13H22ClNS/c1-10(2)15-8-6-4-5-7-12-9-11(3)13(14)16-12/h9-10,15H,4-8H2,1-3H3. The summed E-state index contributed by atoms with van der Waals surface area (Å²) in [5, 5.41) is 3.44. The van der Waals surface area contributed by atoms with Crippen LogP contribution in [0.25, 0.3) is 0 Å². The predicted octanol–water partition coefficient (Wildman–Crippen LogP) is 4.42. The monoisotopic (exact) mass is 259 g/mol. The highest BCUT2D eigenvalue weighted by atomic mass is 35.5. The minimum atomic E-state index is 0.610. The van der Waals surface area contributed by atoms with Crippen molar-refractivity contribution in [1.82, 2.24) is 5.32 Å². The molecule has 0 bridgehead atoms. The van der Waals surface area contributed by atoms with Gasteiger partial charge in [0.25, 0.3) is 0 Å². The van der Waals surface area contributed by atoms with Crippen LogP contribution in [0.3, 0.4) is 0 Å². The smallest absolute Gasteiger partial charge is 0.0960 e. The molecule has 1 heterocycles. The average molecular weight is 260 g/mol. The molecule has 92 valence electrons. The second-order valence-electron chi connectivity index (χ2n) is 4.59. The summed E-state index contributed by atoms with van der Waals surface area (Å²) in [6.45, 7) is 7.60. The van der Waals surface area contributed by atoms with Gasteiger partial charge < -0.3 is 5.32 Å². The lowest BCUT2D eigenvalue weighted by atomic mass is 10.1. The Morgan fingerprint density at radius 1 is 1.31 bits per heavy atom. The van der Waals surface area contributed by atoms with Crippen LogP contribution in [0.2, 0.25) is 4.34 Å². The zero-order chi connectivity index (χ0) is 12.0. The summed E-state index contributed by atoms with van der Waals surface area (Å²) in [5.74, 6) is 0. The molecule has 0 aliphatic rings. The number of hydrogen-bond acceptors (Lipinski definition) is 2. The first kappa shape index (κ1) is 14.0. The minimum Gasteiger partial charge on any atom is -0.315 e. The van der Waals surface area contributed by atoms with Crippen molar-refractivity contribution < 1.29 is 0 Å². The Bertz CT molecular complexity index is 287. The summed E-state index contributed by atoms with van der Waals surface area (Å²) in [5.41, 5.74) is 1.23. The number of rotatable bonds is 7. The zero-order valence-corrected chi connectivity index (χ0v) is 12.0. The van der Waals surface area contributed by atoms with E-state index in [0.29, 0.717) is 6.04 Å². The highest BCUT2D eigenvalue weighted by Crippen LogP contribution is 2.27. The van der Waals surface area contributed by atoms with E-state index in [1.807, 2.05) is 0 Å². The molecule has 0 amide bonds. The summed E-state index contributed by atoms with van der Waals surface area (Å²) in [7, 11) is 0. The van der Waals surface area contributed by atoms with E-state index in [2.05, 4.69) is 32.2 Å². The summed E-state index contributed by atoms with van der Waals surface area (Å²) in [4.78, 5) is 1.43. The van der Waals surface area contributed by atoms with E-state index in [0.717, 1.165) is 10.9 Å². The molecule has 0 aliphatic heterocycles. The fourth-order valence-corrected chi connectivity index (χ4v) is 2.92. The molecule has 1 aromatic heterocycles. The van der Waals surface area contributed by atoms with E-state index in [4.69, 9.17) is 11.6 Å². The van der Waals surface area contributed by atoms with Crippen LogP contribution in [0.15, 0.2) is 6.07 Å². The molecule has 0 fully saturated rings. The molecular formula is C13H22ClNS. The van der Waals surface area contributed by atoms with Crippen LogP contribution in [0.1, 0.15) is 43.6 Å². The molecule has 0 radical (unpaired) electrons. The van der Waals surface area contributed by atoms with Gasteiger partial charge in [0, 0.05) is 10.9 Å². The third-order valence-corrected chi connectivity index (χ3v) is 4.18. The van der Waals surface area contributed by atoms with Crippen LogP contribution in [0.5, 0.6) is 0 Å². The summed E-state index contributed by atoms with van der Waals surface area (Å²) in [6.07, 6.45) is 5.03. The van der Waals surface area contributed by atoms with Crippen molar-refractivity contribution in [2.75, 3.05) is 6.54 Å². The molecule has 0 saturated heterocycles. The first-order valence-electron chi connectivity index (χ1n) is 6.08. The molecule has 1 N–H and O–H groups in total. The van der Waals surface area contributed by atoms with Gasteiger partial charge in [-0.25, -0.2) is 0 Å². The molecule has 0 unspecified atom stereocenters. The Hall–Kier alpha value is -0.0500. The van der Waals surface area contributed by atoms with Crippen LogP contribution in [0, 0.1) is 6.92 Å². The second-order valence-corrected chi connectivity index (χ2v) is 6.33. The van der Waals surface area contributed by atoms with Crippen molar-refractivity contribution in [1.29, 1.82) is 0 Å². The third kappa shape index (κ3) is 5.33. The summed E-state index contributed by atoms with van der Waals surface area (Å²) < 4.78 is 0.955. The minimum absolute atomic E-state index is 0.610. The van der Waals surface area contributed by atoms with Gasteiger partial charge in [-0.2, -0.15) is 0 Å². The molecule has 1 aromatic rings. The average Bonchev–Trinajstić information content (AvgIpc) is 2.52. The van der Waals surface area contributed by atoms with Crippen LogP contribution in [-0.4, -0.2) is 12.6 Å². The van der Waals surface area contributed by atoms with E-state index >= 15 is 0 Å². The Labute approximate surface area is 108 Å². The van der Waals surface area contributed by atoms with Gasteiger partial charge in [0.15, 0.2) is 0 Å². The van der Waals surface area contributed by atoms with Crippen molar-refractivity contribution in [2.24, 2.45) is 0 Å². The fraction of sp³-hybridized carbons (Fsp3) is 0.692. The second kappa shape index (κ2) is 7.31. The first-order chi connectivity index (χ1) is 7.59. The Balaban J connectivity index is 2.07. The molecule has 0 saturated carbocycles. The van der Waals surface area contributed by atoms with Crippen molar-refractivity contribution >= 4 is 22.9 Å². The first-order valence-corrected chi connectivity index (χ1v) is 7.27. The van der Waals surface area contributed by atoms with Gasteiger partial charge in [-0.3, -0.25) is 0 Å². The van der Waals surface area contributed by atoms with E-state index in [1.54, 1.807) is 11.3 Å². The molecule has 0 spiro atoms. The molecule has 1 nitrogen and oxygen atoms in total. The lowest BCUT2D eigenvalue weighted by molar-refractivity contribution is 0.549. The Kier molecular flexibility index (Phi) is 6.40. The third-order valence-electron chi connectivity index (χ3n) is 2.56. The molecular weight excluding hydrogens is 238 g/mol. The molecule has 1 rings (SSSR count). The van der Waals surface area contributed by atoms with Crippen molar-refractivity contribution in [3.63, 3.8) is 0 Å². The normalized spacial score (nSPS) is 11.3. The number of hydrogen-bond donors (Lipinski definition) is 1. The predicted molar refractivity (Wildman–Crippen MR) is 74.8 cm³/mol. The van der Waals surface area contributed by atoms with E-state index in [9.17, 15) is 0 Å². The summed E-state index contributed by atoms with van der Waals surface area (Å²) in [6, 6.07) is 2.83. The van der Waals surface area contributed by atoms with Crippen LogP contribution < -0.4 is 5.32 Å². The quantitative estimate of drug-likeness (QED) is 0.715. The molecule has 0 aromatic carbocycles. The van der Waals surface area contributed by atoms with Gasteiger partial charge in [-0.15, -0.1) is 11.3 Å². The van der Waals surface area contributed by atoms with Crippen LogP contribution >= 0.6 is 22.9 Å².